The molecule has 118 valence electrons. The van der Waals surface area contributed by atoms with Gasteiger partial charge >= 0.3 is 0 Å². The van der Waals surface area contributed by atoms with Crippen LogP contribution in [0.3, 0.4) is 0 Å². The summed E-state index contributed by atoms with van der Waals surface area (Å²) in [5, 5.41) is 9.94. The normalized spacial score (nSPS) is 29.2. The van der Waals surface area contributed by atoms with E-state index in [1.54, 1.807) is 7.11 Å². The first-order valence-corrected chi connectivity index (χ1v) is 8.01. The van der Waals surface area contributed by atoms with Gasteiger partial charge < -0.3 is 14.7 Å². The van der Waals surface area contributed by atoms with E-state index in [4.69, 9.17) is 4.74 Å². The molecule has 5 nitrogen and oxygen atoms in total. The molecule has 0 unspecified atom stereocenters. The van der Waals surface area contributed by atoms with E-state index in [2.05, 4.69) is 21.7 Å². The lowest BCUT2D eigenvalue weighted by atomic mass is 10.1. The summed E-state index contributed by atoms with van der Waals surface area (Å²) >= 11 is 0. The fourth-order valence-corrected chi connectivity index (χ4v) is 3.39. The zero-order valence-electron chi connectivity index (χ0n) is 13.1. The van der Waals surface area contributed by atoms with Crippen LogP contribution in [0, 0.1) is 0 Å². The number of likely N-dealkylation sites (N-methyl/N-ethyl adjacent to an activating group) is 1. The lowest BCUT2D eigenvalue weighted by Crippen LogP contribution is -2.52. The third-order valence-electron chi connectivity index (χ3n) is 4.61. The van der Waals surface area contributed by atoms with Gasteiger partial charge in [-0.25, -0.2) is 0 Å². The summed E-state index contributed by atoms with van der Waals surface area (Å²) in [4.78, 5) is 7.49. The average molecular weight is 285 g/mol. The number of ether oxygens (including phenoxy) is 1. The molecule has 1 N–H and O–H groups in total. The van der Waals surface area contributed by atoms with Crippen molar-refractivity contribution >= 4 is 0 Å². The number of piperazine rings is 1. The molecule has 0 aromatic rings. The van der Waals surface area contributed by atoms with Crippen LogP contribution in [0.5, 0.6) is 0 Å². The van der Waals surface area contributed by atoms with Gasteiger partial charge in [0.2, 0.25) is 0 Å². The largest absolute Gasteiger partial charge is 0.389 e. The minimum Gasteiger partial charge on any atom is -0.389 e. The Balaban J connectivity index is 1.83. The predicted molar refractivity (Wildman–Crippen MR) is 81.0 cm³/mol. The zero-order chi connectivity index (χ0) is 14.4. The van der Waals surface area contributed by atoms with Crippen LogP contribution < -0.4 is 0 Å². The summed E-state index contributed by atoms with van der Waals surface area (Å²) in [6.07, 6.45) is 3.52. The third kappa shape index (κ3) is 4.97. The van der Waals surface area contributed by atoms with Crippen LogP contribution in [-0.4, -0.2) is 98.5 Å². The average Bonchev–Trinajstić information content (AvgIpc) is 2.65. The quantitative estimate of drug-likeness (QED) is 0.775. The minimum atomic E-state index is -0.355. The smallest absolute Gasteiger partial charge is 0.0900 e. The Morgan fingerprint density at radius 2 is 1.90 bits per heavy atom. The molecule has 0 aromatic heterocycles. The fraction of sp³-hybridized carbons (Fsp3) is 1.00. The number of aliphatic hydroxyl groups is 1. The van der Waals surface area contributed by atoms with Crippen LogP contribution in [0.4, 0.5) is 0 Å². The number of hydrogen-bond acceptors (Lipinski definition) is 5. The molecule has 2 heterocycles. The van der Waals surface area contributed by atoms with E-state index >= 15 is 0 Å². The molecule has 2 saturated heterocycles. The maximum atomic E-state index is 9.94. The topological polar surface area (TPSA) is 39.2 Å². The molecule has 2 atom stereocenters. The molecular weight excluding hydrogens is 254 g/mol. The van der Waals surface area contributed by atoms with Gasteiger partial charge in [0, 0.05) is 52.4 Å². The molecule has 5 heteroatoms. The number of β-amino-alcohol motifs (C(OH)–C–C–N with tert-alkyl or cyclic N) is 1. The van der Waals surface area contributed by atoms with Gasteiger partial charge in [-0.2, -0.15) is 0 Å². The van der Waals surface area contributed by atoms with Crippen LogP contribution in [0.25, 0.3) is 0 Å². The second-order valence-electron chi connectivity index (χ2n) is 6.36. The van der Waals surface area contributed by atoms with E-state index < -0.39 is 0 Å². The third-order valence-corrected chi connectivity index (χ3v) is 4.61. The molecule has 0 amide bonds. The summed E-state index contributed by atoms with van der Waals surface area (Å²) in [5.74, 6) is 0. The first-order valence-electron chi connectivity index (χ1n) is 8.01. The molecule has 2 fully saturated rings. The Bertz CT molecular complexity index is 270. The van der Waals surface area contributed by atoms with Gasteiger partial charge in [0.1, 0.15) is 0 Å². The van der Waals surface area contributed by atoms with Crippen LogP contribution in [-0.2, 0) is 4.74 Å². The van der Waals surface area contributed by atoms with Crippen molar-refractivity contribution in [2.45, 2.75) is 31.4 Å². The highest BCUT2D eigenvalue weighted by Gasteiger charge is 2.26. The Hall–Kier alpha value is -0.200. The summed E-state index contributed by atoms with van der Waals surface area (Å²) in [5.41, 5.74) is 0. The molecule has 20 heavy (non-hydrogen) atoms. The number of methoxy groups -OCH3 is 1. The number of aliphatic hydroxyl groups excluding tert-OH is 1. The molecule has 2 rings (SSSR count). The van der Waals surface area contributed by atoms with E-state index in [-0.39, 0.29) is 6.10 Å². The van der Waals surface area contributed by atoms with Crippen LogP contribution >= 0.6 is 0 Å². The molecule has 0 saturated carbocycles. The lowest BCUT2D eigenvalue weighted by molar-refractivity contribution is 0.0282. The van der Waals surface area contributed by atoms with Crippen LogP contribution in [0.1, 0.15) is 19.3 Å². The van der Waals surface area contributed by atoms with Gasteiger partial charge in [0.05, 0.1) is 12.7 Å². The van der Waals surface area contributed by atoms with Gasteiger partial charge in [-0.15, -0.1) is 0 Å². The number of hydrogen-bond donors (Lipinski definition) is 1. The van der Waals surface area contributed by atoms with E-state index in [0.29, 0.717) is 12.6 Å². The van der Waals surface area contributed by atoms with E-state index in [1.807, 2.05) is 0 Å². The standard InChI is InChI=1S/C15H31N3O2/c1-16-7-9-18(10-8-16)14-5-3-4-6-17(11-14)12-15(19)13-20-2/h14-15,19H,3-13H2,1-2H3/t14-,15+/m1/s1. The highest BCUT2D eigenvalue weighted by atomic mass is 16.5. The molecule has 2 aliphatic heterocycles. The first kappa shape index (κ1) is 16.2. The Morgan fingerprint density at radius 3 is 2.60 bits per heavy atom. The van der Waals surface area contributed by atoms with E-state index in [9.17, 15) is 5.11 Å². The van der Waals surface area contributed by atoms with Gasteiger partial charge in [0.25, 0.3) is 0 Å². The van der Waals surface area contributed by atoms with Crippen molar-refractivity contribution in [2.75, 3.05) is 66.6 Å². The highest BCUT2D eigenvalue weighted by Crippen LogP contribution is 2.17. The predicted octanol–water partition coefficient (Wildman–Crippen LogP) is 0.0956. The Morgan fingerprint density at radius 1 is 1.15 bits per heavy atom. The SMILES string of the molecule is COC[C@@H](O)CN1CCCC[C@@H](N2CCN(C)CC2)C1. The molecule has 0 aromatic carbocycles. The fourth-order valence-electron chi connectivity index (χ4n) is 3.39. The van der Waals surface area contributed by atoms with Crippen molar-refractivity contribution in [1.29, 1.82) is 0 Å². The van der Waals surface area contributed by atoms with E-state index in [1.165, 1.54) is 45.4 Å². The van der Waals surface area contributed by atoms with Crippen molar-refractivity contribution in [3.8, 4) is 0 Å². The summed E-state index contributed by atoms with van der Waals surface area (Å²) in [6.45, 7) is 8.15. The first-order chi connectivity index (χ1) is 9.69. The van der Waals surface area contributed by atoms with Crippen molar-refractivity contribution in [3.05, 3.63) is 0 Å². The van der Waals surface area contributed by atoms with Gasteiger partial charge in [-0.1, -0.05) is 6.42 Å². The van der Waals surface area contributed by atoms with Gasteiger partial charge in [-0.3, -0.25) is 9.80 Å². The van der Waals surface area contributed by atoms with Crippen molar-refractivity contribution in [2.24, 2.45) is 0 Å². The van der Waals surface area contributed by atoms with E-state index in [0.717, 1.165) is 19.6 Å². The second-order valence-corrected chi connectivity index (χ2v) is 6.36. The Kier molecular flexibility index (Phi) is 6.71. The van der Waals surface area contributed by atoms with Crippen molar-refractivity contribution < 1.29 is 9.84 Å². The van der Waals surface area contributed by atoms with Crippen LogP contribution in [0.2, 0.25) is 0 Å². The van der Waals surface area contributed by atoms with Crippen LogP contribution in [0.15, 0.2) is 0 Å². The maximum absolute atomic E-state index is 9.94. The summed E-state index contributed by atoms with van der Waals surface area (Å²) in [6, 6.07) is 0.668. The molecule has 0 aliphatic carbocycles. The van der Waals surface area contributed by atoms with Crippen molar-refractivity contribution in [1.82, 2.24) is 14.7 Å². The van der Waals surface area contributed by atoms with Crippen molar-refractivity contribution in [3.63, 3.8) is 0 Å². The molecule has 0 bridgehead atoms. The number of rotatable bonds is 5. The Labute approximate surface area is 123 Å². The molecule has 0 radical (unpaired) electrons. The highest BCUT2D eigenvalue weighted by molar-refractivity contribution is 4.83. The molecule has 2 aliphatic rings. The number of nitrogens with zero attached hydrogens (tertiary/aromatic N) is 3. The summed E-state index contributed by atoms with van der Waals surface area (Å²) in [7, 11) is 3.86. The summed E-state index contributed by atoms with van der Waals surface area (Å²) < 4.78 is 5.04. The van der Waals surface area contributed by atoms with Gasteiger partial charge in [0.15, 0.2) is 0 Å². The lowest BCUT2D eigenvalue weighted by Gasteiger charge is -2.39. The maximum Gasteiger partial charge on any atom is 0.0900 e. The van der Waals surface area contributed by atoms with Gasteiger partial charge in [-0.05, 0) is 26.4 Å². The molecule has 0 spiro atoms. The second kappa shape index (κ2) is 8.29. The zero-order valence-corrected chi connectivity index (χ0v) is 13.1. The minimum absolute atomic E-state index is 0.355. The monoisotopic (exact) mass is 285 g/mol. The molecular formula is C15H31N3O2. The number of likely N-dealkylation sites (tertiary alicyclic amines) is 1.